The maximum atomic E-state index is 12.9. The third-order valence-electron chi connectivity index (χ3n) is 3.50. The van der Waals surface area contributed by atoms with Crippen LogP contribution in [0, 0.1) is 5.82 Å². The molecule has 2 N–H and O–H groups in total. The first kappa shape index (κ1) is 16.1. The van der Waals surface area contributed by atoms with Gasteiger partial charge in [-0.1, -0.05) is 23.9 Å². The Morgan fingerprint density at radius 2 is 1.76 bits per heavy atom. The summed E-state index contributed by atoms with van der Waals surface area (Å²) in [5.74, 6) is -0.197. The predicted octanol–water partition coefficient (Wildman–Crippen LogP) is 4.69. The number of benzene rings is 2. The lowest BCUT2D eigenvalue weighted by molar-refractivity contribution is 0.626. The van der Waals surface area contributed by atoms with Crippen LogP contribution in [-0.4, -0.2) is 6.54 Å². The van der Waals surface area contributed by atoms with Gasteiger partial charge in [-0.15, -0.1) is 12.4 Å². The Balaban J connectivity index is 0.00000161. The van der Waals surface area contributed by atoms with Crippen molar-refractivity contribution in [2.45, 2.75) is 22.6 Å². The molecule has 0 spiro atoms. The fourth-order valence-electron chi connectivity index (χ4n) is 2.50. The molecule has 110 valence electrons. The van der Waals surface area contributed by atoms with E-state index in [1.807, 2.05) is 12.1 Å². The second-order valence-corrected chi connectivity index (χ2v) is 5.99. The number of allylic oxidation sites excluding steroid dienone is 1. The molecule has 0 atom stereocenters. The lowest BCUT2D eigenvalue weighted by Gasteiger charge is -2.17. The molecule has 0 aliphatic heterocycles. The molecule has 0 amide bonds. The van der Waals surface area contributed by atoms with Crippen molar-refractivity contribution in [3.8, 4) is 0 Å². The van der Waals surface area contributed by atoms with E-state index in [9.17, 15) is 4.39 Å². The summed E-state index contributed by atoms with van der Waals surface area (Å²) in [5, 5.41) is 0. The number of aryl methyl sites for hydroxylation is 1. The molecule has 2 aromatic rings. The summed E-state index contributed by atoms with van der Waals surface area (Å²) >= 11 is 1.66. The minimum atomic E-state index is -0.197. The van der Waals surface area contributed by atoms with Gasteiger partial charge in [0, 0.05) is 16.3 Å². The Hall–Kier alpha value is -1.29. The van der Waals surface area contributed by atoms with Crippen molar-refractivity contribution < 1.29 is 4.39 Å². The van der Waals surface area contributed by atoms with Crippen LogP contribution in [0.3, 0.4) is 0 Å². The Morgan fingerprint density at radius 1 is 1.05 bits per heavy atom. The van der Waals surface area contributed by atoms with E-state index in [0.717, 1.165) is 17.7 Å². The van der Waals surface area contributed by atoms with Crippen molar-refractivity contribution in [3.63, 3.8) is 0 Å². The molecule has 3 rings (SSSR count). The number of nitrogens with two attached hydrogens (primary N) is 1. The zero-order chi connectivity index (χ0) is 13.9. The highest BCUT2D eigenvalue weighted by atomic mass is 35.5. The molecule has 21 heavy (non-hydrogen) atoms. The summed E-state index contributed by atoms with van der Waals surface area (Å²) in [6, 6.07) is 13.1. The van der Waals surface area contributed by atoms with E-state index in [2.05, 4.69) is 24.3 Å². The van der Waals surface area contributed by atoms with Crippen LogP contribution in [0.5, 0.6) is 0 Å². The molecule has 1 aliphatic carbocycles. The van der Waals surface area contributed by atoms with Crippen molar-refractivity contribution in [3.05, 3.63) is 65.5 Å². The van der Waals surface area contributed by atoms with Gasteiger partial charge in [0.1, 0.15) is 5.82 Å². The average molecular weight is 322 g/mol. The number of halogens is 2. The predicted molar refractivity (Wildman–Crippen MR) is 89.6 cm³/mol. The third-order valence-corrected chi connectivity index (χ3v) is 4.49. The molecule has 0 saturated carbocycles. The fraction of sp³-hybridized carbons (Fsp3) is 0.176. The van der Waals surface area contributed by atoms with Crippen LogP contribution in [0.25, 0.3) is 5.57 Å². The Morgan fingerprint density at radius 3 is 2.48 bits per heavy atom. The van der Waals surface area contributed by atoms with E-state index in [0.29, 0.717) is 6.54 Å². The average Bonchev–Trinajstić information content (AvgIpc) is 2.49. The smallest absolute Gasteiger partial charge is 0.123 e. The largest absolute Gasteiger partial charge is 0.326 e. The van der Waals surface area contributed by atoms with Gasteiger partial charge in [0.2, 0.25) is 0 Å². The standard InChI is InChI=1S/C17H16FNS.ClH/c18-14-4-6-15(7-5-14)20-16-8-9-17-12(10-16)2-1-3-13(17)11-19;/h3-10H,1-2,11,19H2;1H. The van der Waals surface area contributed by atoms with Crippen LogP contribution in [0.1, 0.15) is 17.5 Å². The topological polar surface area (TPSA) is 26.0 Å². The fourth-order valence-corrected chi connectivity index (χ4v) is 3.38. The Kier molecular flexibility index (Phi) is 5.45. The summed E-state index contributed by atoms with van der Waals surface area (Å²) < 4.78 is 12.9. The molecule has 0 radical (unpaired) electrons. The first-order chi connectivity index (χ1) is 9.76. The van der Waals surface area contributed by atoms with Crippen LogP contribution in [0.2, 0.25) is 0 Å². The summed E-state index contributed by atoms with van der Waals surface area (Å²) in [7, 11) is 0. The van der Waals surface area contributed by atoms with Gasteiger partial charge in [0.25, 0.3) is 0 Å². The maximum absolute atomic E-state index is 12.9. The molecule has 0 unspecified atom stereocenters. The van der Waals surface area contributed by atoms with Crippen molar-refractivity contribution in [2.24, 2.45) is 5.73 Å². The SMILES string of the molecule is Cl.NCC1=CCCc2cc(Sc3ccc(F)cc3)ccc21. The second kappa shape index (κ2) is 7.12. The van der Waals surface area contributed by atoms with Gasteiger partial charge < -0.3 is 5.73 Å². The molecule has 0 fully saturated rings. The Labute approximate surface area is 134 Å². The number of fused-ring (bicyclic) bond motifs is 1. The van der Waals surface area contributed by atoms with Crippen LogP contribution < -0.4 is 5.73 Å². The minimum absolute atomic E-state index is 0. The first-order valence-corrected chi connectivity index (χ1v) is 7.54. The number of hydrogen-bond acceptors (Lipinski definition) is 2. The van der Waals surface area contributed by atoms with Gasteiger partial charge in [-0.05, 0) is 65.9 Å². The quantitative estimate of drug-likeness (QED) is 0.887. The van der Waals surface area contributed by atoms with Gasteiger partial charge in [0.05, 0.1) is 0 Å². The summed E-state index contributed by atoms with van der Waals surface area (Å²) in [4.78, 5) is 2.24. The zero-order valence-corrected chi connectivity index (χ0v) is 13.1. The molecule has 0 bridgehead atoms. The monoisotopic (exact) mass is 321 g/mol. The Bertz CT molecular complexity index is 652. The van der Waals surface area contributed by atoms with E-state index in [1.54, 1.807) is 11.8 Å². The maximum Gasteiger partial charge on any atom is 0.123 e. The van der Waals surface area contributed by atoms with E-state index < -0.39 is 0 Å². The molecule has 0 heterocycles. The van der Waals surface area contributed by atoms with Gasteiger partial charge >= 0.3 is 0 Å². The summed E-state index contributed by atoms with van der Waals surface area (Å²) in [6.45, 7) is 0.595. The lowest BCUT2D eigenvalue weighted by atomic mass is 9.91. The highest BCUT2D eigenvalue weighted by molar-refractivity contribution is 7.99. The first-order valence-electron chi connectivity index (χ1n) is 6.72. The van der Waals surface area contributed by atoms with Gasteiger partial charge in [0.15, 0.2) is 0 Å². The normalized spacial score (nSPS) is 13.1. The molecule has 1 nitrogen and oxygen atoms in total. The van der Waals surface area contributed by atoms with Crippen LogP contribution >= 0.6 is 24.2 Å². The lowest BCUT2D eigenvalue weighted by Crippen LogP contribution is -2.08. The van der Waals surface area contributed by atoms with E-state index in [1.165, 1.54) is 33.7 Å². The van der Waals surface area contributed by atoms with Gasteiger partial charge in [-0.25, -0.2) is 4.39 Å². The molecule has 1 aliphatic rings. The summed E-state index contributed by atoms with van der Waals surface area (Å²) in [5.41, 5.74) is 9.67. The summed E-state index contributed by atoms with van der Waals surface area (Å²) in [6.07, 6.45) is 4.36. The van der Waals surface area contributed by atoms with Crippen LogP contribution in [-0.2, 0) is 6.42 Å². The van der Waals surface area contributed by atoms with E-state index in [-0.39, 0.29) is 18.2 Å². The van der Waals surface area contributed by atoms with Crippen LogP contribution in [0.15, 0.2) is 58.3 Å². The molecule has 4 heteroatoms. The van der Waals surface area contributed by atoms with E-state index in [4.69, 9.17) is 5.73 Å². The van der Waals surface area contributed by atoms with Crippen molar-refractivity contribution in [2.75, 3.05) is 6.54 Å². The van der Waals surface area contributed by atoms with Crippen molar-refractivity contribution >= 4 is 29.7 Å². The molecule has 0 aromatic heterocycles. The molecule has 2 aromatic carbocycles. The second-order valence-electron chi connectivity index (χ2n) is 4.85. The molecule has 0 saturated heterocycles. The molecular formula is C17H17ClFNS. The minimum Gasteiger partial charge on any atom is -0.326 e. The van der Waals surface area contributed by atoms with Crippen molar-refractivity contribution in [1.82, 2.24) is 0 Å². The third kappa shape index (κ3) is 3.67. The number of rotatable bonds is 3. The van der Waals surface area contributed by atoms with Crippen LogP contribution in [0.4, 0.5) is 4.39 Å². The van der Waals surface area contributed by atoms with E-state index >= 15 is 0 Å². The van der Waals surface area contributed by atoms with Gasteiger partial charge in [-0.3, -0.25) is 0 Å². The number of hydrogen-bond donors (Lipinski definition) is 1. The van der Waals surface area contributed by atoms with Gasteiger partial charge in [-0.2, -0.15) is 0 Å². The highest BCUT2D eigenvalue weighted by Gasteiger charge is 2.12. The zero-order valence-electron chi connectivity index (χ0n) is 11.5. The molecular weight excluding hydrogens is 305 g/mol. The highest BCUT2D eigenvalue weighted by Crippen LogP contribution is 2.33. The van der Waals surface area contributed by atoms with Crippen molar-refractivity contribution in [1.29, 1.82) is 0 Å².